The van der Waals surface area contributed by atoms with Gasteiger partial charge in [-0.2, -0.15) is 0 Å². The molecule has 6 heteroatoms. The van der Waals surface area contributed by atoms with Gasteiger partial charge in [0.25, 0.3) is 0 Å². The molecule has 0 aliphatic carbocycles. The van der Waals surface area contributed by atoms with Gasteiger partial charge >= 0.3 is 0 Å². The van der Waals surface area contributed by atoms with Crippen LogP contribution >= 0.6 is 15.9 Å². The van der Waals surface area contributed by atoms with Gasteiger partial charge < -0.3 is 15.9 Å². The van der Waals surface area contributed by atoms with E-state index in [4.69, 9.17) is 10.8 Å². The van der Waals surface area contributed by atoms with Gasteiger partial charge in [0.15, 0.2) is 6.10 Å². The molecule has 0 saturated heterocycles. The quantitative estimate of drug-likeness (QED) is 0.652. The van der Waals surface area contributed by atoms with Crippen molar-refractivity contribution in [2.24, 2.45) is 5.73 Å². The van der Waals surface area contributed by atoms with Crippen molar-refractivity contribution in [3.05, 3.63) is 28.5 Å². The number of primary amides is 1. The Hall–Kier alpha value is -0.980. The molecule has 0 aromatic carbocycles. The monoisotopic (exact) mass is 260 g/mol. The molecule has 1 aromatic heterocycles. The first-order chi connectivity index (χ1) is 6.52. The lowest BCUT2D eigenvalue weighted by atomic mass is 10.1. The average Bonchev–Trinajstić information content (AvgIpc) is 2.15. The van der Waals surface area contributed by atoms with E-state index in [0.29, 0.717) is 4.60 Å². The summed E-state index contributed by atoms with van der Waals surface area (Å²) in [7, 11) is 0. The van der Waals surface area contributed by atoms with E-state index in [2.05, 4.69) is 20.9 Å². The Bertz CT molecular complexity index is 345. The molecule has 14 heavy (non-hydrogen) atoms. The molecule has 0 saturated carbocycles. The zero-order chi connectivity index (χ0) is 10.7. The van der Waals surface area contributed by atoms with Crippen LogP contribution in [0.4, 0.5) is 0 Å². The number of aliphatic hydroxyl groups excluding tert-OH is 2. The van der Waals surface area contributed by atoms with Crippen molar-refractivity contribution in [1.82, 2.24) is 4.98 Å². The van der Waals surface area contributed by atoms with Gasteiger partial charge in [-0.15, -0.1) is 0 Å². The Morgan fingerprint density at radius 3 is 2.64 bits per heavy atom. The highest BCUT2D eigenvalue weighted by atomic mass is 79.9. The first kappa shape index (κ1) is 11.1. The van der Waals surface area contributed by atoms with Crippen molar-refractivity contribution in [2.75, 3.05) is 0 Å². The molecule has 1 rings (SSSR count). The second-order valence-electron chi connectivity index (χ2n) is 2.68. The Kier molecular flexibility index (Phi) is 3.56. The van der Waals surface area contributed by atoms with Crippen LogP contribution in [0.15, 0.2) is 22.8 Å². The summed E-state index contributed by atoms with van der Waals surface area (Å²) in [6.07, 6.45) is -3.04. The average molecular weight is 261 g/mol. The summed E-state index contributed by atoms with van der Waals surface area (Å²) in [5.41, 5.74) is 5.01. The van der Waals surface area contributed by atoms with Crippen LogP contribution in [0.2, 0.25) is 0 Å². The van der Waals surface area contributed by atoms with Gasteiger partial charge in [-0.05, 0) is 28.1 Å². The molecule has 0 bridgehead atoms. The van der Waals surface area contributed by atoms with E-state index in [9.17, 15) is 9.90 Å². The summed E-state index contributed by atoms with van der Waals surface area (Å²) >= 11 is 3.10. The molecule has 5 nitrogen and oxygen atoms in total. The molecular weight excluding hydrogens is 252 g/mol. The number of hydrogen-bond donors (Lipinski definition) is 3. The SMILES string of the molecule is NC(=O)[C@H](O)[C@@H](O)c1cccc(Br)n1. The van der Waals surface area contributed by atoms with Gasteiger partial charge in [0.1, 0.15) is 10.7 Å². The Morgan fingerprint density at radius 2 is 2.14 bits per heavy atom. The first-order valence-electron chi connectivity index (χ1n) is 3.80. The number of carbonyl (C=O) groups excluding carboxylic acids is 1. The lowest BCUT2D eigenvalue weighted by Crippen LogP contribution is -2.34. The number of carbonyl (C=O) groups is 1. The van der Waals surface area contributed by atoms with Crippen LogP contribution in [0.5, 0.6) is 0 Å². The van der Waals surface area contributed by atoms with Gasteiger partial charge in [-0.3, -0.25) is 4.79 Å². The third-order valence-electron chi connectivity index (χ3n) is 1.63. The zero-order valence-electron chi connectivity index (χ0n) is 7.09. The highest BCUT2D eigenvalue weighted by Gasteiger charge is 2.24. The molecule has 0 radical (unpaired) electrons. The third-order valence-corrected chi connectivity index (χ3v) is 2.07. The lowest BCUT2D eigenvalue weighted by molar-refractivity contribution is -0.132. The Morgan fingerprint density at radius 1 is 1.50 bits per heavy atom. The van der Waals surface area contributed by atoms with E-state index in [0.717, 1.165) is 0 Å². The molecule has 1 aromatic rings. The van der Waals surface area contributed by atoms with E-state index >= 15 is 0 Å². The van der Waals surface area contributed by atoms with Crippen LogP contribution in [0.25, 0.3) is 0 Å². The van der Waals surface area contributed by atoms with Crippen LogP contribution in [-0.4, -0.2) is 27.2 Å². The third kappa shape index (κ3) is 2.50. The fraction of sp³-hybridized carbons (Fsp3) is 0.250. The molecule has 0 aliphatic heterocycles. The standard InChI is InChI=1S/C8H9BrN2O3/c9-5-3-1-2-4(11-5)6(12)7(13)8(10)14/h1-3,6-7,12-13H,(H2,10,14)/t6-,7+/m0/s1. The molecule has 0 spiro atoms. The number of hydrogen-bond acceptors (Lipinski definition) is 4. The van der Waals surface area contributed by atoms with Crippen molar-refractivity contribution < 1.29 is 15.0 Å². The van der Waals surface area contributed by atoms with Crippen molar-refractivity contribution in [3.63, 3.8) is 0 Å². The highest BCUT2D eigenvalue weighted by Crippen LogP contribution is 2.16. The van der Waals surface area contributed by atoms with Crippen molar-refractivity contribution in [3.8, 4) is 0 Å². The smallest absolute Gasteiger partial charge is 0.249 e. The first-order valence-corrected chi connectivity index (χ1v) is 4.59. The van der Waals surface area contributed by atoms with Crippen LogP contribution in [-0.2, 0) is 4.79 Å². The minimum absolute atomic E-state index is 0.186. The second kappa shape index (κ2) is 4.50. The maximum atomic E-state index is 10.6. The van der Waals surface area contributed by atoms with Crippen molar-refractivity contribution in [2.45, 2.75) is 12.2 Å². The molecule has 0 unspecified atom stereocenters. The van der Waals surface area contributed by atoms with Crippen molar-refractivity contribution in [1.29, 1.82) is 0 Å². The number of pyridine rings is 1. The topological polar surface area (TPSA) is 96.4 Å². The number of aliphatic hydroxyl groups is 2. The van der Waals surface area contributed by atoms with Gasteiger partial charge in [-0.1, -0.05) is 6.07 Å². The highest BCUT2D eigenvalue weighted by molar-refractivity contribution is 9.10. The number of rotatable bonds is 3. The van der Waals surface area contributed by atoms with E-state index in [1.54, 1.807) is 12.1 Å². The number of amides is 1. The van der Waals surface area contributed by atoms with Crippen LogP contribution in [0.3, 0.4) is 0 Å². The summed E-state index contributed by atoms with van der Waals surface area (Å²) in [5.74, 6) is -0.987. The largest absolute Gasteiger partial charge is 0.384 e. The summed E-state index contributed by atoms with van der Waals surface area (Å²) in [6, 6.07) is 4.78. The number of aromatic nitrogens is 1. The van der Waals surface area contributed by atoms with E-state index < -0.39 is 18.1 Å². The maximum absolute atomic E-state index is 10.6. The predicted octanol–water partition coefficient (Wildman–Crippen LogP) is -0.276. The van der Waals surface area contributed by atoms with Gasteiger partial charge in [0.2, 0.25) is 5.91 Å². The van der Waals surface area contributed by atoms with Gasteiger partial charge in [-0.25, -0.2) is 4.98 Å². The Labute approximate surface area is 88.7 Å². The summed E-state index contributed by atoms with van der Waals surface area (Å²) in [5, 5.41) is 18.6. The van der Waals surface area contributed by atoms with Gasteiger partial charge in [0.05, 0.1) is 5.69 Å². The molecule has 2 atom stereocenters. The number of nitrogens with two attached hydrogens (primary N) is 1. The zero-order valence-corrected chi connectivity index (χ0v) is 8.68. The summed E-state index contributed by atoms with van der Waals surface area (Å²) < 4.78 is 0.505. The predicted molar refractivity (Wildman–Crippen MR) is 52.1 cm³/mol. The minimum Gasteiger partial charge on any atom is -0.384 e. The second-order valence-corrected chi connectivity index (χ2v) is 3.49. The normalized spacial score (nSPS) is 14.8. The molecule has 1 heterocycles. The lowest BCUT2D eigenvalue weighted by Gasteiger charge is -2.13. The summed E-state index contributed by atoms with van der Waals surface area (Å²) in [4.78, 5) is 14.4. The van der Waals surface area contributed by atoms with E-state index in [1.165, 1.54) is 6.07 Å². The van der Waals surface area contributed by atoms with Gasteiger partial charge in [0, 0.05) is 0 Å². The molecule has 1 amide bonds. The summed E-state index contributed by atoms with van der Waals surface area (Å²) in [6.45, 7) is 0. The number of nitrogens with zero attached hydrogens (tertiary/aromatic N) is 1. The maximum Gasteiger partial charge on any atom is 0.249 e. The molecule has 4 N–H and O–H groups in total. The van der Waals surface area contributed by atoms with E-state index in [-0.39, 0.29) is 5.69 Å². The van der Waals surface area contributed by atoms with Crippen LogP contribution in [0, 0.1) is 0 Å². The van der Waals surface area contributed by atoms with E-state index in [1.807, 2.05) is 0 Å². The number of halogens is 1. The van der Waals surface area contributed by atoms with Crippen LogP contribution < -0.4 is 5.73 Å². The molecule has 0 aliphatic rings. The minimum atomic E-state index is -1.64. The molecular formula is C8H9BrN2O3. The fourth-order valence-corrected chi connectivity index (χ4v) is 1.26. The fourth-order valence-electron chi connectivity index (χ4n) is 0.906. The molecule has 0 fully saturated rings. The molecule has 76 valence electrons. The van der Waals surface area contributed by atoms with Crippen molar-refractivity contribution >= 4 is 21.8 Å². The van der Waals surface area contributed by atoms with Crippen LogP contribution in [0.1, 0.15) is 11.8 Å². The Balaban J connectivity index is 2.89.